The van der Waals surface area contributed by atoms with Crippen molar-refractivity contribution in [2.24, 2.45) is 5.92 Å². The molecule has 92 valence electrons. The van der Waals surface area contributed by atoms with Crippen molar-refractivity contribution >= 4 is 35.0 Å². The molecule has 2 rings (SSSR count). The van der Waals surface area contributed by atoms with Gasteiger partial charge in [0.1, 0.15) is 5.25 Å². The van der Waals surface area contributed by atoms with Crippen LogP contribution in [0.4, 0.5) is 5.69 Å². The van der Waals surface area contributed by atoms with Gasteiger partial charge in [0.15, 0.2) is 0 Å². The van der Waals surface area contributed by atoms with Gasteiger partial charge in [-0.25, -0.2) is 0 Å². The van der Waals surface area contributed by atoms with Crippen LogP contribution < -0.4 is 5.73 Å². The molecule has 1 saturated carbocycles. The molecule has 5 heteroatoms. The van der Waals surface area contributed by atoms with Crippen molar-refractivity contribution < 1.29 is 9.53 Å². The number of nitrogens with two attached hydrogens (primary N) is 1. The Hall–Kier alpha value is -0.870. The Kier molecular flexibility index (Phi) is 3.84. The molecule has 1 atom stereocenters. The number of nitrogen functional groups attached to an aromatic ring is 1. The van der Waals surface area contributed by atoms with Crippen LogP contribution in [0.1, 0.15) is 12.8 Å². The lowest BCUT2D eigenvalue weighted by atomic mass is 10.3. The Bertz CT molecular complexity index is 435. The summed E-state index contributed by atoms with van der Waals surface area (Å²) in [4.78, 5) is 12.6. The summed E-state index contributed by atoms with van der Waals surface area (Å²) in [7, 11) is 1.42. The summed E-state index contributed by atoms with van der Waals surface area (Å²) >= 11 is 7.45. The number of carbonyl (C=O) groups excluding carboxylic acids is 1. The van der Waals surface area contributed by atoms with E-state index in [9.17, 15) is 4.79 Å². The zero-order chi connectivity index (χ0) is 12.4. The molecule has 1 aliphatic rings. The standard InChI is InChI=1S/C12H14ClNO2S/c1-16-12(15)11(7-2-3-7)17-8-4-5-10(14)9(13)6-8/h4-7,11H,2-3,14H2,1H3. The van der Waals surface area contributed by atoms with Crippen molar-refractivity contribution in [1.29, 1.82) is 0 Å². The van der Waals surface area contributed by atoms with Crippen LogP contribution in [0.3, 0.4) is 0 Å². The van der Waals surface area contributed by atoms with E-state index in [2.05, 4.69) is 0 Å². The molecule has 0 spiro atoms. The minimum Gasteiger partial charge on any atom is -0.468 e. The summed E-state index contributed by atoms with van der Waals surface area (Å²) < 4.78 is 4.82. The average molecular weight is 272 g/mol. The van der Waals surface area contributed by atoms with Crippen molar-refractivity contribution in [2.45, 2.75) is 23.0 Å². The van der Waals surface area contributed by atoms with E-state index in [1.54, 1.807) is 12.1 Å². The maximum atomic E-state index is 11.6. The van der Waals surface area contributed by atoms with Gasteiger partial charge >= 0.3 is 5.97 Å². The lowest BCUT2D eigenvalue weighted by Gasteiger charge is -2.13. The second-order valence-corrected chi connectivity index (χ2v) is 5.70. The van der Waals surface area contributed by atoms with Crippen molar-refractivity contribution in [3.8, 4) is 0 Å². The molecule has 17 heavy (non-hydrogen) atoms. The topological polar surface area (TPSA) is 52.3 Å². The second-order valence-electron chi connectivity index (χ2n) is 4.08. The molecule has 1 unspecified atom stereocenters. The molecule has 0 heterocycles. The van der Waals surface area contributed by atoms with E-state index in [0.29, 0.717) is 16.6 Å². The van der Waals surface area contributed by atoms with Crippen molar-refractivity contribution in [3.63, 3.8) is 0 Å². The lowest BCUT2D eigenvalue weighted by molar-refractivity contribution is -0.140. The first kappa shape index (κ1) is 12.6. The molecular weight excluding hydrogens is 258 g/mol. The summed E-state index contributed by atoms with van der Waals surface area (Å²) in [5, 5.41) is 0.397. The van der Waals surface area contributed by atoms with Gasteiger partial charge < -0.3 is 10.5 Å². The van der Waals surface area contributed by atoms with Gasteiger partial charge in [0.25, 0.3) is 0 Å². The number of esters is 1. The number of hydrogen-bond donors (Lipinski definition) is 1. The van der Waals surface area contributed by atoms with Gasteiger partial charge in [0, 0.05) is 4.90 Å². The first-order valence-electron chi connectivity index (χ1n) is 5.41. The fraction of sp³-hybridized carbons (Fsp3) is 0.417. The number of halogens is 1. The first-order valence-corrected chi connectivity index (χ1v) is 6.67. The van der Waals surface area contributed by atoms with E-state index < -0.39 is 0 Å². The van der Waals surface area contributed by atoms with Gasteiger partial charge in [-0.15, -0.1) is 11.8 Å². The lowest BCUT2D eigenvalue weighted by Crippen LogP contribution is -2.20. The minimum absolute atomic E-state index is 0.125. The quantitative estimate of drug-likeness (QED) is 0.520. The van der Waals surface area contributed by atoms with Crippen LogP contribution in [0.25, 0.3) is 0 Å². The summed E-state index contributed by atoms with van der Waals surface area (Å²) in [6.45, 7) is 0. The SMILES string of the molecule is COC(=O)C(Sc1ccc(N)c(Cl)c1)C1CC1. The highest BCUT2D eigenvalue weighted by molar-refractivity contribution is 8.00. The van der Waals surface area contributed by atoms with Gasteiger partial charge in [0.2, 0.25) is 0 Å². The fourth-order valence-corrected chi connectivity index (χ4v) is 3.11. The highest BCUT2D eigenvalue weighted by Crippen LogP contribution is 2.42. The molecule has 1 aromatic carbocycles. The van der Waals surface area contributed by atoms with E-state index in [-0.39, 0.29) is 11.2 Å². The van der Waals surface area contributed by atoms with Crippen molar-refractivity contribution in [3.05, 3.63) is 23.2 Å². The Morgan fingerprint density at radius 1 is 1.59 bits per heavy atom. The molecule has 2 N–H and O–H groups in total. The molecule has 1 fully saturated rings. The Balaban J connectivity index is 2.11. The average Bonchev–Trinajstić information content (AvgIpc) is 3.13. The van der Waals surface area contributed by atoms with Crippen LogP contribution in [0, 0.1) is 5.92 Å². The summed E-state index contributed by atoms with van der Waals surface area (Å²) in [6.07, 6.45) is 2.19. The van der Waals surface area contributed by atoms with Crippen molar-refractivity contribution in [1.82, 2.24) is 0 Å². The van der Waals surface area contributed by atoms with Gasteiger partial charge in [-0.3, -0.25) is 4.79 Å². The minimum atomic E-state index is -0.162. The number of carbonyl (C=O) groups is 1. The van der Waals surface area contributed by atoms with E-state index in [0.717, 1.165) is 17.7 Å². The molecule has 0 aromatic heterocycles. The zero-order valence-corrected chi connectivity index (χ0v) is 11.1. The zero-order valence-electron chi connectivity index (χ0n) is 9.48. The van der Waals surface area contributed by atoms with Crippen LogP contribution in [0.2, 0.25) is 5.02 Å². The predicted octanol–water partition coefficient (Wildman–Crippen LogP) is 2.97. The fourth-order valence-electron chi connectivity index (χ4n) is 1.58. The number of benzene rings is 1. The molecule has 0 saturated heterocycles. The molecule has 3 nitrogen and oxygen atoms in total. The number of thioether (sulfide) groups is 1. The largest absolute Gasteiger partial charge is 0.468 e. The summed E-state index contributed by atoms with van der Waals surface area (Å²) in [5.74, 6) is 0.272. The molecular formula is C12H14ClNO2S. The molecule has 0 bridgehead atoms. The molecule has 1 aliphatic carbocycles. The third kappa shape index (κ3) is 3.07. The second kappa shape index (κ2) is 5.19. The van der Waals surface area contributed by atoms with E-state index in [1.807, 2.05) is 6.07 Å². The summed E-state index contributed by atoms with van der Waals surface area (Å²) in [6, 6.07) is 5.43. The van der Waals surface area contributed by atoms with E-state index in [1.165, 1.54) is 18.9 Å². The Labute approximate surface area is 110 Å². The smallest absolute Gasteiger partial charge is 0.319 e. The van der Waals surface area contributed by atoms with Crippen LogP contribution in [0.5, 0.6) is 0 Å². The van der Waals surface area contributed by atoms with Gasteiger partial charge in [-0.05, 0) is 37.0 Å². The highest BCUT2D eigenvalue weighted by atomic mass is 35.5. The molecule has 1 aromatic rings. The predicted molar refractivity (Wildman–Crippen MR) is 70.2 cm³/mol. The van der Waals surface area contributed by atoms with Gasteiger partial charge in [-0.2, -0.15) is 0 Å². The maximum absolute atomic E-state index is 11.6. The van der Waals surface area contributed by atoms with E-state index in [4.69, 9.17) is 22.1 Å². The van der Waals surface area contributed by atoms with Crippen LogP contribution >= 0.6 is 23.4 Å². The molecule has 0 radical (unpaired) electrons. The number of methoxy groups -OCH3 is 1. The summed E-state index contributed by atoms with van der Waals surface area (Å²) in [5.41, 5.74) is 6.20. The van der Waals surface area contributed by atoms with Gasteiger partial charge in [0.05, 0.1) is 17.8 Å². The highest BCUT2D eigenvalue weighted by Gasteiger charge is 2.37. The Morgan fingerprint density at radius 2 is 2.29 bits per heavy atom. The van der Waals surface area contributed by atoms with Crippen LogP contribution in [0.15, 0.2) is 23.1 Å². The Morgan fingerprint density at radius 3 is 2.82 bits per heavy atom. The van der Waals surface area contributed by atoms with Crippen molar-refractivity contribution in [2.75, 3.05) is 12.8 Å². The van der Waals surface area contributed by atoms with Gasteiger partial charge in [-0.1, -0.05) is 11.6 Å². The number of hydrogen-bond acceptors (Lipinski definition) is 4. The number of ether oxygens (including phenoxy) is 1. The number of anilines is 1. The van der Waals surface area contributed by atoms with Crippen LogP contribution in [-0.4, -0.2) is 18.3 Å². The normalized spacial score (nSPS) is 16.6. The number of rotatable bonds is 4. The maximum Gasteiger partial charge on any atom is 0.319 e. The monoisotopic (exact) mass is 271 g/mol. The third-order valence-corrected chi connectivity index (χ3v) is 4.40. The molecule has 0 aliphatic heterocycles. The first-order chi connectivity index (χ1) is 8.11. The third-order valence-electron chi connectivity index (χ3n) is 2.72. The van der Waals surface area contributed by atoms with E-state index >= 15 is 0 Å². The molecule has 0 amide bonds. The van der Waals surface area contributed by atoms with Crippen LogP contribution in [-0.2, 0) is 9.53 Å².